The van der Waals surface area contributed by atoms with Crippen molar-refractivity contribution in [3.8, 4) is 0 Å². The molecular formula is C13H22N2O5. The Morgan fingerprint density at radius 2 is 2.15 bits per heavy atom. The SMILES string of the molecule is COC(=O)CC[C@@H](NC(=O)C1(C)CCCC1N)C(=O)O. The molecule has 1 aliphatic carbocycles. The largest absolute Gasteiger partial charge is 0.480 e. The van der Waals surface area contributed by atoms with Crippen molar-refractivity contribution in [1.82, 2.24) is 5.32 Å². The number of carbonyl (C=O) groups is 3. The van der Waals surface area contributed by atoms with Crippen LogP contribution in [0.15, 0.2) is 0 Å². The summed E-state index contributed by atoms with van der Waals surface area (Å²) in [4.78, 5) is 34.4. The molecule has 0 radical (unpaired) electrons. The molecule has 0 spiro atoms. The molecule has 20 heavy (non-hydrogen) atoms. The van der Waals surface area contributed by atoms with Gasteiger partial charge in [-0.15, -0.1) is 0 Å². The number of ether oxygens (including phenoxy) is 1. The van der Waals surface area contributed by atoms with Gasteiger partial charge in [0.2, 0.25) is 5.91 Å². The molecule has 0 aliphatic heterocycles. The fourth-order valence-electron chi connectivity index (χ4n) is 2.42. The van der Waals surface area contributed by atoms with Gasteiger partial charge in [-0.1, -0.05) is 6.42 Å². The molecule has 1 rings (SSSR count). The highest BCUT2D eigenvalue weighted by Crippen LogP contribution is 2.36. The number of carbonyl (C=O) groups excluding carboxylic acids is 2. The Kier molecular flexibility index (Phi) is 5.50. The van der Waals surface area contributed by atoms with E-state index in [0.717, 1.165) is 12.8 Å². The van der Waals surface area contributed by atoms with E-state index in [2.05, 4.69) is 10.1 Å². The molecule has 3 atom stereocenters. The van der Waals surface area contributed by atoms with E-state index in [0.29, 0.717) is 6.42 Å². The quantitative estimate of drug-likeness (QED) is 0.593. The summed E-state index contributed by atoms with van der Waals surface area (Å²) in [6.07, 6.45) is 2.19. The van der Waals surface area contributed by atoms with Crippen LogP contribution in [0.25, 0.3) is 0 Å². The Morgan fingerprint density at radius 1 is 1.50 bits per heavy atom. The fourth-order valence-corrected chi connectivity index (χ4v) is 2.42. The number of hydrogen-bond donors (Lipinski definition) is 3. The van der Waals surface area contributed by atoms with Gasteiger partial charge in [-0.05, 0) is 26.2 Å². The molecule has 114 valence electrons. The number of hydrogen-bond acceptors (Lipinski definition) is 5. The molecular weight excluding hydrogens is 264 g/mol. The van der Waals surface area contributed by atoms with Crippen LogP contribution in [0.1, 0.15) is 39.0 Å². The van der Waals surface area contributed by atoms with E-state index < -0.39 is 23.4 Å². The van der Waals surface area contributed by atoms with Gasteiger partial charge in [0.1, 0.15) is 6.04 Å². The third-order valence-corrected chi connectivity index (χ3v) is 4.02. The Hall–Kier alpha value is -1.63. The number of aliphatic carboxylic acids is 1. The molecule has 1 saturated carbocycles. The van der Waals surface area contributed by atoms with E-state index >= 15 is 0 Å². The van der Waals surface area contributed by atoms with Crippen LogP contribution < -0.4 is 11.1 Å². The summed E-state index contributed by atoms with van der Waals surface area (Å²) in [6, 6.07) is -1.37. The summed E-state index contributed by atoms with van der Waals surface area (Å²) >= 11 is 0. The monoisotopic (exact) mass is 286 g/mol. The molecule has 0 aromatic carbocycles. The average molecular weight is 286 g/mol. The molecule has 0 saturated heterocycles. The summed E-state index contributed by atoms with van der Waals surface area (Å²) in [7, 11) is 1.23. The molecule has 4 N–H and O–H groups in total. The van der Waals surface area contributed by atoms with Crippen molar-refractivity contribution in [3.05, 3.63) is 0 Å². The lowest BCUT2D eigenvalue weighted by Gasteiger charge is -2.29. The zero-order chi connectivity index (χ0) is 15.3. The number of esters is 1. The van der Waals surface area contributed by atoms with Crippen LogP contribution in [0.3, 0.4) is 0 Å². The number of methoxy groups -OCH3 is 1. The second kappa shape index (κ2) is 6.69. The molecule has 0 bridgehead atoms. The van der Waals surface area contributed by atoms with Gasteiger partial charge in [-0.3, -0.25) is 9.59 Å². The third-order valence-electron chi connectivity index (χ3n) is 4.02. The maximum atomic E-state index is 12.2. The van der Waals surface area contributed by atoms with Gasteiger partial charge < -0.3 is 20.9 Å². The lowest BCUT2D eigenvalue weighted by Crippen LogP contribution is -2.52. The van der Waals surface area contributed by atoms with Gasteiger partial charge in [-0.2, -0.15) is 0 Å². The van der Waals surface area contributed by atoms with Gasteiger partial charge in [0.25, 0.3) is 0 Å². The van der Waals surface area contributed by atoms with E-state index in [1.165, 1.54) is 7.11 Å². The van der Waals surface area contributed by atoms with Gasteiger partial charge in [0, 0.05) is 12.5 Å². The van der Waals surface area contributed by atoms with E-state index in [1.54, 1.807) is 6.92 Å². The zero-order valence-electron chi connectivity index (χ0n) is 11.8. The van der Waals surface area contributed by atoms with Gasteiger partial charge in [0.05, 0.1) is 12.5 Å². The van der Waals surface area contributed by atoms with Crippen molar-refractivity contribution in [2.75, 3.05) is 7.11 Å². The lowest BCUT2D eigenvalue weighted by atomic mass is 9.84. The highest BCUT2D eigenvalue weighted by molar-refractivity contribution is 5.88. The Balaban J connectivity index is 2.63. The first kappa shape index (κ1) is 16.4. The predicted octanol–water partition coefficient (Wildman–Crippen LogP) is 0.0265. The summed E-state index contributed by atoms with van der Waals surface area (Å²) < 4.78 is 4.46. The van der Waals surface area contributed by atoms with Crippen LogP contribution in [-0.2, 0) is 19.1 Å². The summed E-state index contributed by atoms with van der Waals surface area (Å²) in [6.45, 7) is 1.75. The lowest BCUT2D eigenvalue weighted by molar-refractivity contribution is -0.145. The molecule has 0 heterocycles. The second-order valence-corrected chi connectivity index (χ2v) is 5.40. The van der Waals surface area contributed by atoms with Crippen LogP contribution >= 0.6 is 0 Å². The van der Waals surface area contributed by atoms with Gasteiger partial charge in [-0.25, -0.2) is 4.79 Å². The fraction of sp³-hybridized carbons (Fsp3) is 0.769. The Labute approximate surface area is 117 Å². The van der Waals surface area contributed by atoms with E-state index in [9.17, 15) is 14.4 Å². The van der Waals surface area contributed by atoms with Crippen LogP contribution in [0.5, 0.6) is 0 Å². The van der Waals surface area contributed by atoms with E-state index in [-0.39, 0.29) is 24.8 Å². The molecule has 1 aliphatic rings. The van der Waals surface area contributed by atoms with Crippen molar-refractivity contribution in [2.24, 2.45) is 11.1 Å². The first-order valence-corrected chi connectivity index (χ1v) is 6.67. The van der Waals surface area contributed by atoms with Crippen molar-refractivity contribution in [1.29, 1.82) is 0 Å². The normalized spacial score (nSPS) is 26.9. The molecule has 0 aromatic rings. The summed E-state index contributed by atoms with van der Waals surface area (Å²) in [5, 5.41) is 11.6. The third kappa shape index (κ3) is 3.69. The van der Waals surface area contributed by atoms with Crippen molar-refractivity contribution in [3.63, 3.8) is 0 Å². The number of carboxylic acids is 1. The molecule has 7 nitrogen and oxygen atoms in total. The zero-order valence-corrected chi connectivity index (χ0v) is 11.8. The number of rotatable bonds is 6. The first-order chi connectivity index (χ1) is 9.31. The minimum atomic E-state index is -1.17. The molecule has 0 aromatic heterocycles. The smallest absolute Gasteiger partial charge is 0.326 e. The van der Waals surface area contributed by atoms with Gasteiger partial charge in [0.15, 0.2) is 0 Å². The molecule has 2 unspecified atom stereocenters. The molecule has 1 amide bonds. The minimum absolute atomic E-state index is 0.000928. The minimum Gasteiger partial charge on any atom is -0.480 e. The van der Waals surface area contributed by atoms with E-state index in [1.807, 2.05) is 0 Å². The maximum Gasteiger partial charge on any atom is 0.326 e. The Bertz CT molecular complexity index is 398. The first-order valence-electron chi connectivity index (χ1n) is 6.67. The number of nitrogens with one attached hydrogen (secondary N) is 1. The standard InChI is InChI=1S/C13H22N2O5/c1-13(7-3-4-9(13)14)12(19)15-8(11(17)18)5-6-10(16)20-2/h8-9H,3-7,14H2,1-2H3,(H,15,19)(H,17,18)/t8-,9?,13?/m1/s1. The van der Waals surface area contributed by atoms with Crippen LogP contribution in [0.2, 0.25) is 0 Å². The maximum absolute atomic E-state index is 12.2. The highest BCUT2D eigenvalue weighted by Gasteiger charge is 2.44. The van der Waals surface area contributed by atoms with Crippen LogP contribution in [0.4, 0.5) is 0 Å². The molecule has 1 fully saturated rings. The van der Waals surface area contributed by atoms with Crippen LogP contribution in [0, 0.1) is 5.41 Å². The topological polar surface area (TPSA) is 119 Å². The highest BCUT2D eigenvalue weighted by atomic mass is 16.5. The number of amides is 1. The van der Waals surface area contributed by atoms with Crippen molar-refractivity contribution < 1.29 is 24.2 Å². The Morgan fingerprint density at radius 3 is 2.60 bits per heavy atom. The number of nitrogens with two attached hydrogens (primary N) is 1. The van der Waals surface area contributed by atoms with E-state index in [4.69, 9.17) is 10.8 Å². The van der Waals surface area contributed by atoms with Crippen molar-refractivity contribution >= 4 is 17.8 Å². The predicted molar refractivity (Wildman–Crippen MR) is 70.7 cm³/mol. The van der Waals surface area contributed by atoms with Gasteiger partial charge >= 0.3 is 11.9 Å². The average Bonchev–Trinajstić information content (AvgIpc) is 2.74. The van der Waals surface area contributed by atoms with Crippen molar-refractivity contribution in [2.45, 2.75) is 51.1 Å². The summed E-state index contributed by atoms with van der Waals surface area (Å²) in [5.41, 5.74) is 5.19. The molecule has 7 heteroatoms. The van der Waals surface area contributed by atoms with Crippen LogP contribution in [-0.4, -0.2) is 42.1 Å². The summed E-state index contributed by atoms with van der Waals surface area (Å²) in [5.74, 6) is -2.04. The second-order valence-electron chi connectivity index (χ2n) is 5.40. The number of carboxylic acid groups (broad SMARTS) is 1.